The SMILES string of the molecule is CCCCCC/C=C\C/C=C\CCCCCCCC(=O)OCCCCCCCCCCC/C=C\C/C=C\CCCCCCCCCCCCCC(=O)NC(CO)C(O)CCCCCCCCCCCCCCCCCCCC. The predicted molar refractivity (Wildman–Crippen MR) is 342 cm³/mol. The second-order valence-electron chi connectivity index (χ2n) is 23.9. The number of carbonyl (C=O) groups is 2. The van der Waals surface area contributed by atoms with Crippen LogP contribution in [0.25, 0.3) is 0 Å². The van der Waals surface area contributed by atoms with E-state index in [0.29, 0.717) is 25.9 Å². The van der Waals surface area contributed by atoms with Gasteiger partial charge < -0.3 is 20.3 Å². The lowest BCUT2D eigenvalue weighted by molar-refractivity contribution is -0.143. The van der Waals surface area contributed by atoms with Crippen molar-refractivity contribution >= 4 is 11.9 Å². The molecule has 0 saturated heterocycles. The number of hydrogen-bond acceptors (Lipinski definition) is 5. The number of aliphatic hydroxyl groups excluding tert-OH is 2. The second kappa shape index (κ2) is 67.3. The molecule has 78 heavy (non-hydrogen) atoms. The molecule has 6 heteroatoms. The largest absolute Gasteiger partial charge is 0.466 e. The van der Waals surface area contributed by atoms with Crippen LogP contribution in [-0.2, 0) is 14.3 Å². The molecule has 1 amide bonds. The molecule has 0 aliphatic rings. The average molecular weight is 1090 g/mol. The molecule has 0 aromatic rings. The maximum atomic E-state index is 12.5. The van der Waals surface area contributed by atoms with E-state index in [2.05, 4.69) is 67.8 Å². The van der Waals surface area contributed by atoms with Crippen molar-refractivity contribution in [1.82, 2.24) is 5.32 Å². The van der Waals surface area contributed by atoms with E-state index in [0.717, 1.165) is 57.8 Å². The summed E-state index contributed by atoms with van der Waals surface area (Å²) in [4.78, 5) is 24.6. The number of hydrogen-bond donors (Lipinski definition) is 3. The lowest BCUT2D eigenvalue weighted by Crippen LogP contribution is -2.45. The number of amides is 1. The molecule has 458 valence electrons. The Morgan fingerprint density at radius 1 is 0.359 bits per heavy atom. The lowest BCUT2D eigenvalue weighted by Gasteiger charge is -2.22. The number of allylic oxidation sites excluding steroid dienone is 8. The summed E-state index contributed by atoms with van der Waals surface area (Å²) in [5, 5.41) is 23.4. The van der Waals surface area contributed by atoms with Crippen molar-refractivity contribution in [3.63, 3.8) is 0 Å². The van der Waals surface area contributed by atoms with Crippen LogP contribution in [0.3, 0.4) is 0 Å². The fourth-order valence-electron chi connectivity index (χ4n) is 10.8. The first-order chi connectivity index (χ1) is 38.5. The third-order valence-corrected chi connectivity index (χ3v) is 16.1. The first-order valence-electron chi connectivity index (χ1n) is 34.9. The van der Waals surface area contributed by atoms with E-state index < -0.39 is 12.1 Å². The highest BCUT2D eigenvalue weighted by Gasteiger charge is 2.20. The van der Waals surface area contributed by atoms with Gasteiger partial charge in [-0.1, -0.05) is 319 Å². The smallest absolute Gasteiger partial charge is 0.305 e. The summed E-state index contributed by atoms with van der Waals surface area (Å²) in [7, 11) is 0. The van der Waals surface area contributed by atoms with Gasteiger partial charge in [0.05, 0.1) is 25.4 Å². The number of nitrogens with one attached hydrogen (secondary N) is 1. The van der Waals surface area contributed by atoms with Gasteiger partial charge in [0.2, 0.25) is 5.91 Å². The first-order valence-corrected chi connectivity index (χ1v) is 34.9. The van der Waals surface area contributed by atoms with Crippen LogP contribution in [0.1, 0.15) is 373 Å². The van der Waals surface area contributed by atoms with E-state index in [1.54, 1.807) is 0 Å². The molecule has 0 saturated carbocycles. The van der Waals surface area contributed by atoms with E-state index in [1.807, 2.05) is 0 Å². The molecule has 3 N–H and O–H groups in total. The van der Waals surface area contributed by atoms with Gasteiger partial charge in [0, 0.05) is 12.8 Å². The third kappa shape index (κ3) is 63.0. The molecule has 0 fully saturated rings. The molecule has 0 bridgehead atoms. The van der Waals surface area contributed by atoms with Crippen LogP contribution in [-0.4, -0.2) is 47.4 Å². The molecule has 2 unspecified atom stereocenters. The minimum atomic E-state index is -0.668. The van der Waals surface area contributed by atoms with Crippen molar-refractivity contribution in [2.45, 2.75) is 386 Å². The van der Waals surface area contributed by atoms with Gasteiger partial charge in [-0.2, -0.15) is 0 Å². The molecule has 0 radical (unpaired) electrons. The molecule has 0 aliphatic carbocycles. The van der Waals surface area contributed by atoms with Gasteiger partial charge in [-0.3, -0.25) is 9.59 Å². The van der Waals surface area contributed by atoms with Crippen LogP contribution in [0, 0.1) is 0 Å². The van der Waals surface area contributed by atoms with Crippen molar-refractivity contribution in [2.24, 2.45) is 0 Å². The maximum Gasteiger partial charge on any atom is 0.305 e. The van der Waals surface area contributed by atoms with Crippen LogP contribution in [0.5, 0.6) is 0 Å². The summed E-state index contributed by atoms with van der Waals surface area (Å²) >= 11 is 0. The van der Waals surface area contributed by atoms with Crippen LogP contribution < -0.4 is 5.32 Å². The minimum Gasteiger partial charge on any atom is -0.466 e. The Kier molecular flexibility index (Phi) is 65.4. The van der Waals surface area contributed by atoms with Crippen LogP contribution >= 0.6 is 0 Å². The zero-order chi connectivity index (χ0) is 56.4. The summed E-state index contributed by atoms with van der Waals surface area (Å²) in [5.41, 5.74) is 0. The minimum absolute atomic E-state index is 0.00269. The molecule has 0 spiro atoms. The maximum absolute atomic E-state index is 12.5. The molecule has 0 aliphatic heterocycles. The average Bonchev–Trinajstić information content (AvgIpc) is 3.44. The molecule has 0 heterocycles. The van der Waals surface area contributed by atoms with E-state index in [4.69, 9.17) is 4.74 Å². The van der Waals surface area contributed by atoms with Gasteiger partial charge in [-0.05, 0) is 89.9 Å². The van der Waals surface area contributed by atoms with Crippen molar-refractivity contribution in [3.8, 4) is 0 Å². The quantitative estimate of drug-likeness (QED) is 0.0320. The monoisotopic (exact) mass is 1090 g/mol. The second-order valence-corrected chi connectivity index (χ2v) is 23.9. The number of aliphatic hydroxyl groups is 2. The highest BCUT2D eigenvalue weighted by Crippen LogP contribution is 2.18. The molecule has 0 rings (SSSR count). The standard InChI is InChI=1S/C72H135NO5/c1-3-5-7-9-11-13-15-17-19-21-33-36-40-44-48-52-56-60-64-70(75)69(68-74)73-71(76)65-61-57-53-49-45-41-37-34-31-29-27-25-23-22-24-26-28-30-32-35-39-43-47-51-55-59-63-67-78-72(77)66-62-58-54-50-46-42-38-20-18-16-14-12-10-8-6-4-2/h14,16,20,22-23,26,28,38,69-70,74-75H,3-13,15,17-19,21,24-25,27,29-37,39-68H2,1-2H3,(H,73,76)/b16-14-,23-22-,28-26-,38-20-. The Bertz CT molecular complexity index is 1310. The Morgan fingerprint density at radius 3 is 0.987 bits per heavy atom. The van der Waals surface area contributed by atoms with Crippen LogP contribution in [0.2, 0.25) is 0 Å². The van der Waals surface area contributed by atoms with E-state index in [9.17, 15) is 19.8 Å². The van der Waals surface area contributed by atoms with Gasteiger partial charge in [0.15, 0.2) is 0 Å². The van der Waals surface area contributed by atoms with E-state index >= 15 is 0 Å². The highest BCUT2D eigenvalue weighted by molar-refractivity contribution is 5.76. The van der Waals surface area contributed by atoms with Gasteiger partial charge >= 0.3 is 5.97 Å². The lowest BCUT2D eigenvalue weighted by atomic mass is 10.0. The van der Waals surface area contributed by atoms with Crippen molar-refractivity contribution in [1.29, 1.82) is 0 Å². The fourth-order valence-corrected chi connectivity index (χ4v) is 10.8. The summed E-state index contributed by atoms with van der Waals surface area (Å²) in [6.07, 6.45) is 87.2. The fraction of sp³-hybridized carbons (Fsp3) is 0.861. The van der Waals surface area contributed by atoms with E-state index in [1.165, 1.54) is 283 Å². The van der Waals surface area contributed by atoms with Crippen molar-refractivity contribution < 1.29 is 24.5 Å². The number of unbranched alkanes of at least 4 members (excludes halogenated alkanes) is 46. The normalized spacial score (nSPS) is 12.8. The predicted octanol–water partition coefficient (Wildman–Crippen LogP) is 22.5. The molecule has 0 aromatic carbocycles. The van der Waals surface area contributed by atoms with Gasteiger partial charge in [-0.15, -0.1) is 0 Å². The highest BCUT2D eigenvalue weighted by atomic mass is 16.5. The molecule has 2 atom stereocenters. The zero-order valence-corrected chi connectivity index (χ0v) is 52.4. The summed E-state index contributed by atoms with van der Waals surface area (Å²) < 4.78 is 5.48. The Balaban J connectivity index is 3.42. The Hall–Kier alpha value is -2.18. The first kappa shape index (κ1) is 75.8. The van der Waals surface area contributed by atoms with Crippen molar-refractivity contribution in [3.05, 3.63) is 48.6 Å². The van der Waals surface area contributed by atoms with Crippen molar-refractivity contribution in [2.75, 3.05) is 13.2 Å². The zero-order valence-electron chi connectivity index (χ0n) is 52.4. The summed E-state index contributed by atoms with van der Waals surface area (Å²) in [6.45, 7) is 4.95. The van der Waals surface area contributed by atoms with Gasteiger partial charge in [-0.25, -0.2) is 0 Å². The summed E-state index contributed by atoms with van der Waals surface area (Å²) in [5.74, 6) is -0.0382. The number of ether oxygens (including phenoxy) is 1. The van der Waals surface area contributed by atoms with E-state index in [-0.39, 0.29) is 18.5 Å². The number of rotatable bonds is 65. The molecule has 6 nitrogen and oxygen atoms in total. The van der Waals surface area contributed by atoms with Gasteiger partial charge in [0.1, 0.15) is 0 Å². The number of carbonyl (C=O) groups excluding carboxylic acids is 2. The Morgan fingerprint density at radius 2 is 0.641 bits per heavy atom. The third-order valence-electron chi connectivity index (χ3n) is 16.1. The topological polar surface area (TPSA) is 95.9 Å². The number of esters is 1. The molecular formula is C72H135NO5. The van der Waals surface area contributed by atoms with Crippen LogP contribution in [0.15, 0.2) is 48.6 Å². The van der Waals surface area contributed by atoms with Crippen LogP contribution in [0.4, 0.5) is 0 Å². The van der Waals surface area contributed by atoms with Gasteiger partial charge in [0.25, 0.3) is 0 Å². The molecular weight excluding hydrogens is 959 g/mol. The Labute approximate surface area is 486 Å². The molecule has 0 aromatic heterocycles. The summed E-state index contributed by atoms with van der Waals surface area (Å²) in [6, 6.07) is -0.545.